The van der Waals surface area contributed by atoms with Gasteiger partial charge in [-0.05, 0) is 77.0 Å². The summed E-state index contributed by atoms with van der Waals surface area (Å²) < 4.78 is 0. The van der Waals surface area contributed by atoms with Crippen LogP contribution in [0, 0.1) is 5.92 Å². The van der Waals surface area contributed by atoms with Crippen molar-refractivity contribution in [1.82, 2.24) is 5.32 Å². The summed E-state index contributed by atoms with van der Waals surface area (Å²) in [6.07, 6.45) is 42.7. The maximum Gasteiger partial charge on any atom is 0.230 e. The van der Waals surface area contributed by atoms with E-state index in [-0.39, 0.29) is 24.9 Å². The van der Waals surface area contributed by atoms with Crippen molar-refractivity contribution in [1.29, 1.82) is 0 Å². The quantitative estimate of drug-likeness (QED) is 0.0399. The van der Waals surface area contributed by atoms with Crippen molar-refractivity contribution in [2.75, 3.05) is 13.2 Å². The lowest BCUT2D eigenvalue weighted by atomic mass is 9.91. The molecule has 0 aliphatic heterocycles. The Morgan fingerprint density at radius 3 is 1.41 bits per heavy atom. The standard InChI is InChI=1S/C39H69NO4/c1-3-5-7-9-11-13-15-17-19-21-23-25-27-29-31-33-38(43)37(39(44)40-36(34-41)35-42)32-30-28-26-24-22-20-18-16-14-12-10-8-6-4-2/h11-14,17-20,36-37,41-42H,3-10,15-16,21-35H2,1-2H3,(H,40,44)/b13-11-,14-12-,19-17-,20-18-. The lowest BCUT2D eigenvalue weighted by Crippen LogP contribution is -2.45. The number of unbranched alkanes of at least 4 members (excludes halogenated alkanes) is 15. The van der Waals surface area contributed by atoms with Gasteiger partial charge in [-0.3, -0.25) is 9.59 Å². The fourth-order valence-corrected chi connectivity index (χ4v) is 5.16. The zero-order chi connectivity index (χ0) is 32.4. The van der Waals surface area contributed by atoms with Crippen LogP contribution in [0.5, 0.6) is 0 Å². The number of hydrogen-bond donors (Lipinski definition) is 3. The molecule has 0 saturated heterocycles. The first-order valence-electron chi connectivity index (χ1n) is 18.2. The summed E-state index contributed by atoms with van der Waals surface area (Å²) in [6.45, 7) is 3.79. The summed E-state index contributed by atoms with van der Waals surface area (Å²) in [5, 5.41) is 21.4. The summed E-state index contributed by atoms with van der Waals surface area (Å²) >= 11 is 0. The van der Waals surface area contributed by atoms with Gasteiger partial charge in [-0.15, -0.1) is 0 Å². The third kappa shape index (κ3) is 27.6. The molecule has 0 fully saturated rings. The number of aliphatic hydroxyl groups excluding tert-OH is 2. The maximum atomic E-state index is 13.0. The largest absolute Gasteiger partial charge is 0.394 e. The zero-order valence-corrected chi connectivity index (χ0v) is 28.7. The van der Waals surface area contributed by atoms with Crippen molar-refractivity contribution in [3.63, 3.8) is 0 Å². The van der Waals surface area contributed by atoms with E-state index < -0.39 is 12.0 Å². The lowest BCUT2D eigenvalue weighted by Gasteiger charge is -2.19. The number of rotatable bonds is 32. The number of carbonyl (C=O) groups is 2. The highest BCUT2D eigenvalue weighted by Crippen LogP contribution is 2.18. The fourth-order valence-electron chi connectivity index (χ4n) is 5.16. The Kier molecular flexibility index (Phi) is 32.4. The number of amides is 1. The number of allylic oxidation sites excluding steroid dienone is 8. The van der Waals surface area contributed by atoms with Gasteiger partial charge in [0.25, 0.3) is 0 Å². The van der Waals surface area contributed by atoms with Gasteiger partial charge in [0.15, 0.2) is 0 Å². The Bertz CT molecular complexity index is 766. The second kappa shape index (κ2) is 33.9. The molecule has 44 heavy (non-hydrogen) atoms. The number of nitrogens with one attached hydrogen (secondary N) is 1. The molecule has 5 nitrogen and oxygen atoms in total. The summed E-state index contributed by atoms with van der Waals surface area (Å²) in [5.74, 6) is -1.05. The topological polar surface area (TPSA) is 86.6 Å². The van der Waals surface area contributed by atoms with Crippen LogP contribution in [0.3, 0.4) is 0 Å². The molecular formula is C39H69NO4. The van der Waals surface area contributed by atoms with Gasteiger partial charge in [0.05, 0.1) is 25.2 Å². The molecule has 0 aromatic heterocycles. The molecule has 0 rings (SSSR count). The van der Waals surface area contributed by atoms with E-state index in [1.54, 1.807) is 0 Å². The van der Waals surface area contributed by atoms with Gasteiger partial charge < -0.3 is 15.5 Å². The Morgan fingerprint density at radius 1 is 0.545 bits per heavy atom. The molecule has 0 aromatic carbocycles. The molecule has 0 radical (unpaired) electrons. The number of Topliss-reactive ketones (excluding diaryl/α,β-unsaturated/α-hetero) is 1. The molecule has 1 amide bonds. The first-order valence-corrected chi connectivity index (χ1v) is 18.2. The first kappa shape index (κ1) is 42.0. The average Bonchev–Trinajstić information content (AvgIpc) is 3.03. The van der Waals surface area contributed by atoms with Gasteiger partial charge in [0, 0.05) is 6.42 Å². The zero-order valence-electron chi connectivity index (χ0n) is 28.7. The normalized spacial score (nSPS) is 12.9. The fraction of sp³-hybridized carbons (Fsp3) is 0.744. The molecule has 1 atom stereocenters. The smallest absolute Gasteiger partial charge is 0.230 e. The van der Waals surface area contributed by atoms with Gasteiger partial charge in [0.1, 0.15) is 5.78 Å². The molecule has 0 bridgehead atoms. The van der Waals surface area contributed by atoms with Crippen LogP contribution in [0.2, 0.25) is 0 Å². The van der Waals surface area contributed by atoms with Crippen LogP contribution >= 0.6 is 0 Å². The molecule has 0 aliphatic carbocycles. The highest BCUT2D eigenvalue weighted by Gasteiger charge is 2.27. The highest BCUT2D eigenvalue weighted by molar-refractivity contribution is 6.01. The Morgan fingerprint density at radius 2 is 0.955 bits per heavy atom. The van der Waals surface area contributed by atoms with Gasteiger partial charge in [-0.25, -0.2) is 0 Å². The van der Waals surface area contributed by atoms with Gasteiger partial charge in [-0.1, -0.05) is 127 Å². The van der Waals surface area contributed by atoms with Crippen molar-refractivity contribution >= 4 is 11.7 Å². The minimum atomic E-state index is -0.716. The van der Waals surface area contributed by atoms with Crippen molar-refractivity contribution in [2.45, 2.75) is 168 Å². The maximum absolute atomic E-state index is 13.0. The summed E-state index contributed by atoms with van der Waals surface area (Å²) in [5.41, 5.74) is 0. The van der Waals surface area contributed by atoms with Crippen LogP contribution in [0.15, 0.2) is 48.6 Å². The van der Waals surface area contributed by atoms with E-state index in [1.807, 2.05) is 0 Å². The number of hydrogen-bond acceptors (Lipinski definition) is 4. The Balaban J connectivity index is 4.22. The minimum Gasteiger partial charge on any atom is -0.394 e. The van der Waals surface area contributed by atoms with Crippen molar-refractivity contribution in [3.05, 3.63) is 48.6 Å². The van der Waals surface area contributed by atoms with Crippen LogP contribution in [0.4, 0.5) is 0 Å². The van der Waals surface area contributed by atoms with Crippen LogP contribution in [0.25, 0.3) is 0 Å². The molecule has 3 N–H and O–H groups in total. The molecule has 1 unspecified atom stereocenters. The second-order valence-electron chi connectivity index (χ2n) is 12.2. The lowest BCUT2D eigenvalue weighted by molar-refractivity contribution is -0.135. The third-order valence-corrected chi connectivity index (χ3v) is 8.06. The molecule has 0 saturated carbocycles. The van der Waals surface area contributed by atoms with Crippen molar-refractivity contribution < 1.29 is 19.8 Å². The predicted octanol–water partition coefficient (Wildman–Crippen LogP) is 9.88. The average molecular weight is 616 g/mol. The van der Waals surface area contributed by atoms with E-state index in [1.165, 1.54) is 57.8 Å². The monoisotopic (exact) mass is 616 g/mol. The molecule has 0 aliphatic rings. The van der Waals surface area contributed by atoms with Crippen LogP contribution in [0.1, 0.15) is 162 Å². The van der Waals surface area contributed by atoms with E-state index in [4.69, 9.17) is 0 Å². The summed E-state index contributed by atoms with van der Waals surface area (Å²) in [4.78, 5) is 25.9. The molecule has 5 heteroatoms. The Hall–Kier alpha value is -1.98. The molecule has 0 spiro atoms. The van der Waals surface area contributed by atoms with E-state index in [9.17, 15) is 19.8 Å². The highest BCUT2D eigenvalue weighted by atomic mass is 16.3. The molecular weight excluding hydrogens is 546 g/mol. The number of ketones is 1. The van der Waals surface area contributed by atoms with Crippen molar-refractivity contribution in [3.8, 4) is 0 Å². The van der Waals surface area contributed by atoms with E-state index in [2.05, 4.69) is 67.8 Å². The molecule has 0 heterocycles. The second-order valence-corrected chi connectivity index (χ2v) is 12.2. The third-order valence-electron chi connectivity index (χ3n) is 8.06. The van der Waals surface area contributed by atoms with Crippen molar-refractivity contribution in [2.24, 2.45) is 5.92 Å². The van der Waals surface area contributed by atoms with Gasteiger partial charge in [0.2, 0.25) is 5.91 Å². The summed E-state index contributed by atoms with van der Waals surface area (Å²) in [6, 6.07) is -0.716. The van der Waals surface area contributed by atoms with Gasteiger partial charge in [-0.2, -0.15) is 0 Å². The first-order chi connectivity index (χ1) is 21.6. The predicted molar refractivity (Wildman–Crippen MR) is 189 cm³/mol. The minimum absolute atomic E-state index is 0.00602. The summed E-state index contributed by atoms with van der Waals surface area (Å²) in [7, 11) is 0. The van der Waals surface area contributed by atoms with Crippen LogP contribution in [-0.4, -0.2) is 41.2 Å². The van der Waals surface area contributed by atoms with Gasteiger partial charge >= 0.3 is 0 Å². The van der Waals surface area contributed by atoms with E-state index in [0.717, 1.165) is 77.0 Å². The van der Waals surface area contributed by atoms with Crippen LogP contribution in [-0.2, 0) is 9.59 Å². The van der Waals surface area contributed by atoms with E-state index >= 15 is 0 Å². The number of carbonyl (C=O) groups excluding carboxylic acids is 2. The SMILES string of the molecule is CCCCC/C=C\C/C=C\CCCCCCCC(=O)C(CCCCCC/C=C\C/C=C\CCCCC)C(=O)NC(CO)CO. The Labute approximate surface area is 271 Å². The number of aliphatic hydroxyl groups is 2. The van der Waals surface area contributed by atoms with Crippen LogP contribution < -0.4 is 5.32 Å². The molecule has 254 valence electrons. The molecule has 0 aromatic rings. The van der Waals surface area contributed by atoms with E-state index in [0.29, 0.717) is 12.8 Å².